The molecule has 2 amide bonds. The van der Waals surface area contributed by atoms with Crippen molar-refractivity contribution in [3.63, 3.8) is 0 Å². The number of morpholine rings is 1. The van der Waals surface area contributed by atoms with E-state index in [9.17, 15) is 22.8 Å². The highest BCUT2D eigenvalue weighted by Crippen LogP contribution is 2.31. The van der Waals surface area contributed by atoms with E-state index in [1.54, 1.807) is 24.3 Å². The first-order chi connectivity index (χ1) is 17.2. The molecule has 0 unspecified atom stereocenters. The van der Waals surface area contributed by atoms with Crippen LogP contribution < -0.4 is 4.74 Å². The van der Waals surface area contributed by atoms with E-state index >= 15 is 0 Å². The number of benzene rings is 2. The summed E-state index contributed by atoms with van der Waals surface area (Å²) in [4.78, 5) is 29.7. The molecule has 0 N–H and O–H groups in total. The zero-order chi connectivity index (χ0) is 25.8. The Labute approximate surface area is 212 Å². The van der Waals surface area contributed by atoms with Crippen molar-refractivity contribution < 1.29 is 32.2 Å². The van der Waals surface area contributed by atoms with Crippen LogP contribution in [0.2, 0.25) is 5.02 Å². The summed E-state index contributed by atoms with van der Waals surface area (Å²) < 4.78 is 50.9. The normalized spacial score (nSPS) is 20.8. The molecule has 2 aromatic carbocycles. The van der Waals surface area contributed by atoms with Crippen molar-refractivity contribution >= 4 is 23.4 Å². The number of hydrogen-bond donors (Lipinski definition) is 0. The van der Waals surface area contributed by atoms with Gasteiger partial charge in [-0.1, -0.05) is 17.7 Å². The van der Waals surface area contributed by atoms with Crippen LogP contribution in [0.5, 0.6) is 5.75 Å². The van der Waals surface area contributed by atoms with E-state index < -0.39 is 23.2 Å². The summed E-state index contributed by atoms with van der Waals surface area (Å²) in [5.74, 6) is -0.000106. The Morgan fingerprint density at radius 1 is 1.00 bits per heavy atom. The minimum absolute atomic E-state index is 0.00368. The van der Waals surface area contributed by atoms with Gasteiger partial charge in [-0.25, -0.2) is 0 Å². The summed E-state index contributed by atoms with van der Waals surface area (Å²) in [6, 6.07) is 11.0. The minimum Gasteiger partial charge on any atom is -0.490 e. The lowest BCUT2D eigenvalue weighted by Gasteiger charge is -2.43. The molecular formula is C26H28ClF3N2O4. The third-order valence-electron chi connectivity index (χ3n) is 6.47. The summed E-state index contributed by atoms with van der Waals surface area (Å²) in [5.41, 5.74) is -1.80. The number of piperidine rings is 1. The number of likely N-dealkylation sites (tertiary alicyclic amines) is 1. The molecule has 4 rings (SSSR count). The van der Waals surface area contributed by atoms with E-state index in [1.165, 1.54) is 17.0 Å². The smallest absolute Gasteiger partial charge is 0.416 e. The number of carbonyl (C=O) groups is 2. The van der Waals surface area contributed by atoms with Gasteiger partial charge in [0.05, 0.1) is 25.1 Å². The Morgan fingerprint density at radius 2 is 1.72 bits per heavy atom. The van der Waals surface area contributed by atoms with Gasteiger partial charge >= 0.3 is 6.18 Å². The summed E-state index contributed by atoms with van der Waals surface area (Å²) >= 11 is 6.06. The average Bonchev–Trinajstić information content (AvgIpc) is 2.87. The van der Waals surface area contributed by atoms with E-state index in [2.05, 4.69) is 0 Å². The average molecular weight is 525 g/mol. The standard InChI is InChI=1S/C26H28ClF3N2O4/c27-21-5-4-6-22(15-21)35-18-25(16-23(33)31-11-2-1-3-12-31)17-32(13-14-36-25)24(34)19-7-9-20(10-8-19)26(28,29)30/h4-10,15H,1-3,11-14,16-18H2/t25-/m1/s1. The Morgan fingerprint density at radius 3 is 2.39 bits per heavy atom. The molecule has 0 spiro atoms. The van der Waals surface area contributed by atoms with Crippen molar-refractivity contribution in [1.82, 2.24) is 9.80 Å². The number of halogens is 4. The van der Waals surface area contributed by atoms with E-state index in [1.807, 2.05) is 4.90 Å². The van der Waals surface area contributed by atoms with Gasteiger partial charge in [0, 0.05) is 30.2 Å². The maximum absolute atomic E-state index is 13.2. The van der Waals surface area contributed by atoms with Gasteiger partial charge in [-0.2, -0.15) is 13.2 Å². The first-order valence-electron chi connectivity index (χ1n) is 11.9. The number of carbonyl (C=O) groups excluding carboxylic acids is 2. The molecule has 0 aliphatic carbocycles. The molecule has 2 aliphatic heterocycles. The van der Waals surface area contributed by atoms with Crippen LogP contribution >= 0.6 is 11.6 Å². The van der Waals surface area contributed by atoms with Gasteiger partial charge in [-0.05, 0) is 61.7 Å². The van der Waals surface area contributed by atoms with Crippen LogP contribution in [-0.4, -0.2) is 66.6 Å². The molecular weight excluding hydrogens is 497 g/mol. The molecule has 36 heavy (non-hydrogen) atoms. The molecule has 194 valence electrons. The van der Waals surface area contributed by atoms with Gasteiger partial charge in [-0.3, -0.25) is 9.59 Å². The van der Waals surface area contributed by atoms with Crippen LogP contribution in [0, 0.1) is 0 Å². The first-order valence-corrected chi connectivity index (χ1v) is 12.3. The molecule has 2 heterocycles. The highest BCUT2D eigenvalue weighted by molar-refractivity contribution is 6.30. The lowest BCUT2D eigenvalue weighted by atomic mass is 9.95. The maximum atomic E-state index is 13.2. The van der Waals surface area contributed by atoms with Crippen LogP contribution in [0.1, 0.15) is 41.6 Å². The van der Waals surface area contributed by atoms with Crippen molar-refractivity contribution in [2.24, 2.45) is 0 Å². The lowest BCUT2D eigenvalue weighted by molar-refractivity contribution is -0.153. The predicted octanol–water partition coefficient (Wildman–Crippen LogP) is 5.05. The third kappa shape index (κ3) is 6.50. The van der Waals surface area contributed by atoms with Gasteiger partial charge in [0.1, 0.15) is 18.0 Å². The van der Waals surface area contributed by atoms with E-state index in [4.69, 9.17) is 21.1 Å². The molecule has 0 saturated carbocycles. The third-order valence-corrected chi connectivity index (χ3v) is 6.71. The molecule has 0 radical (unpaired) electrons. The minimum atomic E-state index is -4.48. The van der Waals surface area contributed by atoms with Crippen LogP contribution in [0.15, 0.2) is 48.5 Å². The van der Waals surface area contributed by atoms with Crippen molar-refractivity contribution in [3.8, 4) is 5.75 Å². The number of alkyl halides is 3. The van der Waals surface area contributed by atoms with Crippen molar-refractivity contribution in [3.05, 3.63) is 64.7 Å². The highest BCUT2D eigenvalue weighted by Gasteiger charge is 2.42. The van der Waals surface area contributed by atoms with Crippen LogP contribution in [0.3, 0.4) is 0 Å². The molecule has 2 aliphatic rings. The van der Waals surface area contributed by atoms with Crippen molar-refractivity contribution in [2.75, 3.05) is 39.4 Å². The molecule has 0 bridgehead atoms. The number of rotatable bonds is 6. The van der Waals surface area contributed by atoms with E-state index in [-0.39, 0.29) is 44.2 Å². The summed E-state index contributed by atoms with van der Waals surface area (Å²) in [5, 5.41) is 0.495. The number of hydrogen-bond acceptors (Lipinski definition) is 4. The van der Waals surface area contributed by atoms with Gasteiger partial charge in [0.2, 0.25) is 5.91 Å². The molecule has 2 fully saturated rings. The molecule has 6 nitrogen and oxygen atoms in total. The molecule has 1 atom stereocenters. The Bertz CT molecular complexity index is 1070. The zero-order valence-electron chi connectivity index (χ0n) is 19.7. The highest BCUT2D eigenvalue weighted by atomic mass is 35.5. The zero-order valence-corrected chi connectivity index (χ0v) is 20.5. The van der Waals surface area contributed by atoms with Gasteiger partial charge in [-0.15, -0.1) is 0 Å². The number of nitrogens with zero attached hydrogens (tertiary/aromatic N) is 2. The SMILES string of the molecule is O=C(C[C@]1(COc2cccc(Cl)c2)CN(C(=O)c2ccc(C(F)(F)F)cc2)CCO1)N1CCCCC1. The van der Waals surface area contributed by atoms with E-state index in [0.29, 0.717) is 23.9 Å². The molecule has 2 aromatic rings. The van der Waals surface area contributed by atoms with Crippen LogP contribution in [0.25, 0.3) is 0 Å². The van der Waals surface area contributed by atoms with Gasteiger partial charge < -0.3 is 19.3 Å². The molecule has 0 aromatic heterocycles. The van der Waals surface area contributed by atoms with Gasteiger partial charge in [0.25, 0.3) is 5.91 Å². The predicted molar refractivity (Wildman–Crippen MR) is 128 cm³/mol. The van der Waals surface area contributed by atoms with E-state index in [0.717, 1.165) is 31.4 Å². The van der Waals surface area contributed by atoms with Crippen molar-refractivity contribution in [2.45, 2.75) is 37.5 Å². The Kier molecular flexibility index (Phi) is 8.10. The second-order valence-corrected chi connectivity index (χ2v) is 9.63. The number of ether oxygens (including phenoxy) is 2. The summed E-state index contributed by atoms with van der Waals surface area (Å²) in [6.07, 6.45) is -1.50. The van der Waals surface area contributed by atoms with Gasteiger partial charge in [0.15, 0.2) is 0 Å². The fourth-order valence-corrected chi connectivity index (χ4v) is 4.73. The van der Waals surface area contributed by atoms with Crippen LogP contribution in [0.4, 0.5) is 13.2 Å². The fraction of sp³-hybridized carbons (Fsp3) is 0.462. The molecule has 2 saturated heterocycles. The largest absolute Gasteiger partial charge is 0.490 e. The number of amides is 2. The fourth-order valence-electron chi connectivity index (χ4n) is 4.55. The summed E-state index contributed by atoms with van der Waals surface area (Å²) in [7, 11) is 0. The second kappa shape index (κ2) is 11.1. The lowest BCUT2D eigenvalue weighted by Crippen LogP contribution is -2.58. The second-order valence-electron chi connectivity index (χ2n) is 9.20. The van der Waals surface area contributed by atoms with Crippen molar-refractivity contribution in [1.29, 1.82) is 0 Å². The summed E-state index contributed by atoms with van der Waals surface area (Å²) in [6.45, 7) is 1.84. The quantitative estimate of drug-likeness (QED) is 0.530. The maximum Gasteiger partial charge on any atom is 0.416 e. The van der Waals surface area contributed by atoms with Crippen LogP contribution in [-0.2, 0) is 15.7 Å². The topological polar surface area (TPSA) is 59.1 Å². The monoisotopic (exact) mass is 524 g/mol. The first kappa shape index (κ1) is 26.3. The Hall–Kier alpha value is -2.78. The molecule has 10 heteroatoms. The Balaban J connectivity index is 1.53.